The van der Waals surface area contributed by atoms with E-state index in [9.17, 15) is 9.90 Å². The highest BCUT2D eigenvalue weighted by molar-refractivity contribution is 5.94. The lowest BCUT2D eigenvalue weighted by Crippen LogP contribution is -2.18. The van der Waals surface area contributed by atoms with Crippen LogP contribution in [0.15, 0.2) is 59.7 Å². The minimum absolute atomic E-state index is 0.0156. The van der Waals surface area contributed by atoms with E-state index in [4.69, 9.17) is 4.74 Å². The highest BCUT2D eigenvalue weighted by Gasteiger charge is 2.10. The average molecular weight is 350 g/mol. The van der Waals surface area contributed by atoms with Gasteiger partial charge in [0.1, 0.15) is 17.2 Å². The van der Waals surface area contributed by atoms with Gasteiger partial charge in [-0.2, -0.15) is 10.2 Å². The first-order valence-corrected chi connectivity index (χ1v) is 8.07. The maximum Gasteiger partial charge on any atom is 0.289 e. The molecular weight excluding hydrogens is 332 g/mol. The summed E-state index contributed by atoms with van der Waals surface area (Å²) in [7, 11) is 0. The first-order valence-electron chi connectivity index (χ1n) is 8.07. The van der Waals surface area contributed by atoms with E-state index < -0.39 is 5.91 Å². The maximum absolute atomic E-state index is 12.1. The second kappa shape index (κ2) is 7.98. The number of amides is 1. The van der Waals surface area contributed by atoms with E-state index >= 15 is 0 Å². The molecule has 0 aliphatic rings. The minimum atomic E-state index is -0.429. The van der Waals surface area contributed by atoms with Gasteiger partial charge >= 0.3 is 0 Å². The lowest BCUT2D eigenvalue weighted by molar-refractivity contribution is 0.0950. The summed E-state index contributed by atoms with van der Waals surface area (Å²) in [5, 5.41) is 20.6. The smallest absolute Gasteiger partial charge is 0.289 e. The Labute approximate surface area is 150 Å². The lowest BCUT2D eigenvalue weighted by atomic mass is 10.1. The molecule has 0 aliphatic heterocycles. The molecule has 3 N–H and O–H groups in total. The van der Waals surface area contributed by atoms with Crippen LogP contribution in [0, 0.1) is 0 Å². The predicted molar refractivity (Wildman–Crippen MR) is 98.4 cm³/mol. The number of nitrogens with zero attached hydrogens (tertiary/aromatic N) is 2. The molecule has 0 aliphatic carbocycles. The summed E-state index contributed by atoms with van der Waals surface area (Å²) < 4.78 is 5.30. The van der Waals surface area contributed by atoms with Crippen molar-refractivity contribution in [2.45, 2.75) is 6.92 Å². The van der Waals surface area contributed by atoms with E-state index in [2.05, 4.69) is 20.7 Å². The van der Waals surface area contributed by atoms with Gasteiger partial charge in [-0.3, -0.25) is 9.89 Å². The molecule has 0 bridgehead atoms. The number of carbonyl (C=O) groups is 1. The van der Waals surface area contributed by atoms with Gasteiger partial charge < -0.3 is 9.84 Å². The number of ether oxygens (including phenoxy) is 1. The predicted octanol–water partition coefficient (Wildman–Crippen LogP) is 2.94. The average Bonchev–Trinajstić information content (AvgIpc) is 3.15. The molecule has 0 spiro atoms. The van der Waals surface area contributed by atoms with Crippen molar-refractivity contribution < 1.29 is 14.6 Å². The summed E-state index contributed by atoms with van der Waals surface area (Å²) >= 11 is 0. The summed E-state index contributed by atoms with van der Waals surface area (Å²) in [6, 6.07) is 16.0. The SMILES string of the molecule is CCOc1ccc(/C=N\NC(=O)c2cc(-c3ccccc3)n[nH]2)c(O)c1. The van der Waals surface area contributed by atoms with Crippen molar-refractivity contribution >= 4 is 12.1 Å². The Morgan fingerprint density at radius 3 is 2.81 bits per heavy atom. The molecule has 7 heteroatoms. The fraction of sp³-hybridized carbons (Fsp3) is 0.105. The number of phenols is 1. The number of aromatic amines is 1. The van der Waals surface area contributed by atoms with Gasteiger partial charge in [0.05, 0.1) is 18.5 Å². The molecule has 132 valence electrons. The first kappa shape index (κ1) is 17.2. The molecule has 0 saturated carbocycles. The van der Waals surface area contributed by atoms with E-state index in [1.54, 1.807) is 18.2 Å². The minimum Gasteiger partial charge on any atom is -0.507 e. The maximum atomic E-state index is 12.1. The van der Waals surface area contributed by atoms with Gasteiger partial charge in [-0.15, -0.1) is 0 Å². The van der Waals surface area contributed by atoms with Crippen molar-refractivity contribution in [1.29, 1.82) is 0 Å². The Kier molecular flexibility index (Phi) is 5.28. The van der Waals surface area contributed by atoms with Gasteiger partial charge in [-0.1, -0.05) is 30.3 Å². The number of benzene rings is 2. The fourth-order valence-electron chi connectivity index (χ4n) is 2.30. The Balaban J connectivity index is 1.64. The van der Waals surface area contributed by atoms with Crippen molar-refractivity contribution in [1.82, 2.24) is 15.6 Å². The summed E-state index contributed by atoms with van der Waals surface area (Å²) in [5.74, 6) is 0.153. The van der Waals surface area contributed by atoms with Crippen molar-refractivity contribution in [3.05, 3.63) is 65.9 Å². The Morgan fingerprint density at radius 1 is 1.27 bits per heavy atom. The molecule has 1 amide bonds. The highest BCUT2D eigenvalue weighted by atomic mass is 16.5. The van der Waals surface area contributed by atoms with Crippen LogP contribution in [0.4, 0.5) is 0 Å². The van der Waals surface area contributed by atoms with Gasteiger partial charge in [-0.05, 0) is 25.1 Å². The molecule has 26 heavy (non-hydrogen) atoms. The molecule has 0 atom stereocenters. The van der Waals surface area contributed by atoms with Crippen LogP contribution >= 0.6 is 0 Å². The molecule has 2 aromatic carbocycles. The van der Waals surface area contributed by atoms with Crippen molar-refractivity contribution in [3.8, 4) is 22.8 Å². The number of aromatic hydroxyl groups is 1. The highest BCUT2D eigenvalue weighted by Crippen LogP contribution is 2.22. The van der Waals surface area contributed by atoms with Crippen LogP contribution in [0.1, 0.15) is 23.0 Å². The normalized spacial score (nSPS) is 10.8. The van der Waals surface area contributed by atoms with Crippen LogP contribution in [-0.4, -0.2) is 34.0 Å². The molecule has 3 rings (SSSR count). The number of hydrazone groups is 1. The third kappa shape index (κ3) is 4.07. The molecule has 0 fully saturated rings. The standard InChI is InChI=1S/C19H18N4O3/c1-2-26-15-9-8-14(18(24)10-15)12-20-23-19(25)17-11-16(21-22-17)13-6-4-3-5-7-13/h3-12,24H,2H2,1H3,(H,21,22)(H,23,25)/b20-12-. The number of carbonyl (C=O) groups excluding carboxylic acids is 1. The summed E-state index contributed by atoms with van der Waals surface area (Å²) in [4.78, 5) is 12.1. The zero-order valence-corrected chi connectivity index (χ0v) is 14.1. The summed E-state index contributed by atoms with van der Waals surface area (Å²) in [6.45, 7) is 2.37. The quantitative estimate of drug-likeness (QED) is 0.470. The van der Waals surface area contributed by atoms with Crippen LogP contribution in [-0.2, 0) is 0 Å². The third-order valence-electron chi connectivity index (χ3n) is 3.57. The number of nitrogens with one attached hydrogen (secondary N) is 2. The number of phenolic OH excluding ortho intramolecular Hbond substituents is 1. The Bertz CT molecular complexity index is 920. The van der Waals surface area contributed by atoms with Gasteiger partial charge in [0.15, 0.2) is 0 Å². The van der Waals surface area contributed by atoms with Gasteiger partial charge in [0, 0.05) is 17.2 Å². The van der Waals surface area contributed by atoms with Gasteiger partial charge in [0.2, 0.25) is 0 Å². The van der Waals surface area contributed by atoms with Crippen LogP contribution in [0.5, 0.6) is 11.5 Å². The van der Waals surface area contributed by atoms with E-state index in [0.717, 1.165) is 5.56 Å². The van der Waals surface area contributed by atoms with Crippen LogP contribution < -0.4 is 10.2 Å². The summed E-state index contributed by atoms with van der Waals surface area (Å²) in [6.07, 6.45) is 1.36. The Hall–Kier alpha value is -3.61. The van der Waals surface area contributed by atoms with Crippen molar-refractivity contribution in [2.75, 3.05) is 6.61 Å². The fourth-order valence-corrected chi connectivity index (χ4v) is 2.30. The summed E-state index contributed by atoms with van der Waals surface area (Å²) in [5.41, 5.74) is 4.72. The second-order valence-electron chi connectivity index (χ2n) is 5.39. The third-order valence-corrected chi connectivity index (χ3v) is 3.57. The zero-order chi connectivity index (χ0) is 18.4. The molecule has 3 aromatic rings. The van der Waals surface area contributed by atoms with Crippen LogP contribution in [0.25, 0.3) is 11.3 Å². The molecule has 0 radical (unpaired) electrons. The van der Waals surface area contributed by atoms with E-state index in [0.29, 0.717) is 23.6 Å². The molecular formula is C19H18N4O3. The molecule has 0 saturated heterocycles. The van der Waals surface area contributed by atoms with Gasteiger partial charge in [0.25, 0.3) is 5.91 Å². The number of H-pyrrole nitrogens is 1. The van der Waals surface area contributed by atoms with E-state index in [1.807, 2.05) is 37.3 Å². The second-order valence-corrected chi connectivity index (χ2v) is 5.39. The molecule has 0 unspecified atom stereocenters. The van der Waals surface area contributed by atoms with Crippen molar-refractivity contribution in [3.63, 3.8) is 0 Å². The largest absolute Gasteiger partial charge is 0.507 e. The number of hydrogen-bond donors (Lipinski definition) is 3. The zero-order valence-electron chi connectivity index (χ0n) is 14.1. The van der Waals surface area contributed by atoms with Crippen molar-refractivity contribution in [2.24, 2.45) is 5.10 Å². The number of hydrogen-bond acceptors (Lipinski definition) is 5. The van der Waals surface area contributed by atoms with E-state index in [-0.39, 0.29) is 11.4 Å². The van der Waals surface area contributed by atoms with Gasteiger partial charge in [-0.25, -0.2) is 5.43 Å². The van der Waals surface area contributed by atoms with Crippen LogP contribution in [0.3, 0.4) is 0 Å². The Morgan fingerprint density at radius 2 is 2.08 bits per heavy atom. The molecule has 7 nitrogen and oxygen atoms in total. The lowest BCUT2D eigenvalue weighted by Gasteiger charge is -2.04. The van der Waals surface area contributed by atoms with Crippen LogP contribution in [0.2, 0.25) is 0 Å². The number of aromatic nitrogens is 2. The van der Waals surface area contributed by atoms with E-state index in [1.165, 1.54) is 12.3 Å². The first-order chi connectivity index (χ1) is 12.7. The topological polar surface area (TPSA) is 99.6 Å². The molecule has 1 heterocycles. The monoisotopic (exact) mass is 350 g/mol. The number of rotatable bonds is 6. The molecule has 1 aromatic heterocycles.